The van der Waals surface area contributed by atoms with Crippen molar-refractivity contribution in [1.29, 1.82) is 0 Å². The second-order valence-corrected chi connectivity index (χ2v) is 20.8. The summed E-state index contributed by atoms with van der Waals surface area (Å²) in [5.74, 6) is 8.17. The molecule has 25 nitrogen and oxygen atoms in total. The fourth-order valence-electron chi connectivity index (χ4n) is 8.81. The molecule has 6 aromatic carbocycles. The van der Waals surface area contributed by atoms with Crippen molar-refractivity contribution in [2.24, 2.45) is 0 Å². The number of hydrogen-bond acceptors (Lipinski definition) is 25. The Kier molecular flexibility index (Phi) is 43.1. The highest BCUT2D eigenvalue weighted by atomic mass is 16.6. The van der Waals surface area contributed by atoms with Crippen LogP contribution in [-0.2, 0) is 61.6 Å². The highest BCUT2D eigenvalue weighted by molar-refractivity contribution is 5.43. The molecule has 0 unspecified atom stereocenters. The van der Waals surface area contributed by atoms with Gasteiger partial charge in [0.1, 0.15) is 79.3 Å². The zero-order chi connectivity index (χ0) is 68.4. The van der Waals surface area contributed by atoms with Gasteiger partial charge in [-0.25, -0.2) is 0 Å². The normalized spacial score (nSPS) is 18.4. The van der Waals surface area contributed by atoms with Crippen LogP contribution < -0.4 is 56.8 Å². The molecule has 0 fully saturated rings. The highest BCUT2D eigenvalue weighted by Crippen LogP contribution is 2.31. The standard InChI is InChI=1S/C28H40O10.C24H32O8.C22H28O7/c1-2-6-26-25(5-1)35-21-17-31-13-9-29-11-15-33-19-23-37-27-7-3-4-8-28(27)38-24-20-34-16-12-30-10-14-32-18-22-36-26;1-2-6-22-21(5-1)29-17-13-25-9-10-27-15-19-31-23-7-3-4-8-24(23)32-20-16-28-12-11-26-14-18-30-22;1-3-7-21-19(5-1)26-15-11-23-9-10-24-12-16-27-20-6-2-4-8-22(20)29-18-14-25-13-17-28-21/h1-8H,9-24H2;1-8H,9-20H2;1-8H,9-18H2. The number of benzene rings is 6. The molecular weight excluding hydrogens is 1290 g/mol. The summed E-state index contributed by atoms with van der Waals surface area (Å²) in [4.78, 5) is 0. The Bertz CT molecular complexity index is 2600. The van der Waals surface area contributed by atoms with Crippen LogP contribution in [0.3, 0.4) is 0 Å². The summed E-state index contributed by atoms with van der Waals surface area (Å²) in [7, 11) is 0. The van der Waals surface area contributed by atoms with E-state index in [1.54, 1.807) is 0 Å². The molecule has 0 atom stereocenters. The molecule has 546 valence electrons. The SMILES string of the molecule is c1ccc2c(c1)OCCOCCOCCOCCOc1ccccc1OCCOCCOCCOCCO2.c1ccc2c(c1)OCCOCCOCCOc1ccccc1OCCOCCO2.c1ccc2c(c1)OCCOCCOCCOc1ccccc1OCCOCCOCCO2. The van der Waals surface area contributed by atoms with Gasteiger partial charge < -0.3 is 118 Å². The molecule has 0 spiro atoms. The van der Waals surface area contributed by atoms with Gasteiger partial charge in [-0.05, 0) is 72.8 Å². The van der Waals surface area contributed by atoms with E-state index < -0.39 is 0 Å². The molecule has 25 heteroatoms. The number of ether oxygens (including phenoxy) is 25. The van der Waals surface area contributed by atoms with E-state index in [0.29, 0.717) is 320 Å². The van der Waals surface area contributed by atoms with E-state index in [4.69, 9.17) is 118 Å². The van der Waals surface area contributed by atoms with Crippen molar-refractivity contribution in [1.82, 2.24) is 0 Å². The molecule has 0 radical (unpaired) electrons. The molecular formula is C74H100O25. The lowest BCUT2D eigenvalue weighted by Crippen LogP contribution is -2.15. The fraction of sp³-hybridized carbons (Fsp3) is 0.514. The van der Waals surface area contributed by atoms with Crippen LogP contribution in [0.25, 0.3) is 0 Å². The molecule has 0 saturated carbocycles. The zero-order valence-electron chi connectivity index (χ0n) is 56.9. The topological polar surface area (TPSA) is 231 Å². The van der Waals surface area contributed by atoms with Gasteiger partial charge in [-0.2, -0.15) is 0 Å². The third-order valence-electron chi connectivity index (χ3n) is 13.5. The summed E-state index contributed by atoms with van der Waals surface area (Å²) in [6.45, 7) is 17.4. The van der Waals surface area contributed by atoms with Crippen LogP contribution in [0.5, 0.6) is 69.0 Å². The first-order valence-corrected chi connectivity index (χ1v) is 33.9. The Balaban J connectivity index is 0.000000211. The summed E-state index contributed by atoms with van der Waals surface area (Å²) >= 11 is 0. The Morgan fingerprint density at radius 2 is 0.172 bits per heavy atom. The summed E-state index contributed by atoms with van der Waals surface area (Å²) in [5, 5.41) is 0. The van der Waals surface area contributed by atoms with Crippen LogP contribution in [0, 0.1) is 0 Å². The molecule has 0 amide bonds. The van der Waals surface area contributed by atoms with Gasteiger partial charge in [-0.15, -0.1) is 0 Å². The minimum Gasteiger partial charge on any atom is -0.487 e. The lowest BCUT2D eigenvalue weighted by molar-refractivity contribution is 0.00248. The molecule has 0 aliphatic carbocycles. The Morgan fingerprint density at radius 1 is 0.101 bits per heavy atom. The molecule has 0 saturated heterocycles. The number of para-hydroxylation sites is 12. The molecule has 6 aromatic rings. The van der Waals surface area contributed by atoms with Gasteiger partial charge in [-0.1, -0.05) is 72.8 Å². The van der Waals surface area contributed by atoms with Crippen LogP contribution in [-0.4, -0.2) is 251 Å². The zero-order valence-corrected chi connectivity index (χ0v) is 56.9. The van der Waals surface area contributed by atoms with Gasteiger partial charge in [0.2, 0.25) is 0 Å². The van der Waals surface area contributed by atoms with Gasteiger partial charge in [0.15, 0.2) is 69.0 Å². The Labute approximate surface area is 581 Å². The molecule has 9 rings (SSSR count). The summed E-state index contributed by atoms with van der Waals surface area (Å²) in [6, 6.07) is 45.3. The van der Waals surface area contributed by atoms with Gasteiger partial charge in [0.25, 0.3) is 0 Å². The predicted molar refractivity (Wildman–Crippen MR) is 365 cm³/mol. The largest absolute Gasteiger partial charge is 0.487 e. The van der Waals surface area contributed by atoms with Crippen molar-refractivity contribution in [3.8, 4) is 69.0 Å². The average Bonchev–Trinajstić information content (AvgIpc) is 3.55. The first-order chi connectivity index (χ1) is 49.3. The summed E-state index contributed by atoms with van der Waals surface area (Å²) in [5.41, 5.74) is 0. The lowest BCUT2D eigenvalue weighted by Gasteiger charge is -2.14. The van der Waals surface area contributed by atoms with E-state index in [2.05, 4.69) is 0 Å². The molecule has 0 aromatic heterocycles. The van der Waals surface area contributed by atoms with Gasteiger partial charge >= 0.3 is 0 Å². The molecule has 0 N–H and O–H groups in total. The Hall–Kier alpha value is -7.60. The number of hydrogen-bond donors (Lipinski definition) is 0. The van der Waals surface area contributed by atoms with E-state index in [1.807, 2.05) is 146 Å². The molecule has 3 heterocycles. The van der Waals surface area contributed by atoms with Crippen molar-refractivity contribution in [3.63, 3.8) is 0 Å². The quantitative estimate of drug-likeness (QED) is 0.138. The predicted octanol–water partition coefficient (Wildman–Crippen LogP) is 8.96. The van der Waals surface area contributed by atoms with Crippen LogP contribution in [0.1, 0.15) is 0 Å². The second kappa shape index (κ2) is 54.3. The maximum atomic E-state index is 5.80. The minimum absolute atomic E-state index is 0.412. The van der Waals surface area contributed by atoms with Crippen LogP contribution >= 0.6 is 0 Å². The van der Waals surface area contributed by atoms with E-state index in [0.717, 1.165) is 0 Å². The first kappa shape index (κ1) is 78.7. The van der Waals surface area contributed by atoms with Crippen molar-refractivity contribution in [3.05, 3.63) is 146 Å². The van der Waals surface area contributed by atoms with Crippen LogP contribution in [0.2, 0.25) is 0 Å². The average molecular weight is 1390 g/mol. The highest BCUT2D eigenvalue weighted by Gasteiger charge is 2.12. The van der Waals surface area contributed by atoms with Gasteiger partial charge in [0, 0.05) is 0 Å². The summed E-state index contributed by atoms with van der Waals surface area (Å²) < 4.78 is 142. The number of fused-ring (bicyclic) bond motifs is 6. The molecule has 3 aliphatic heterocycles. The Morgan fingerprint density at radius 3 is 0.253 bits per heavy atom. The smallest absolute Gasteiger partial charge is 0.161 e. The molecule has 3 aliphatic rings. The first-order valence-electron chi connectivity index (χ1n) is 33.9. The van der Waals surface area contributed by atoms with E-state index in [1.165, 1.54) is 0 Å². The lowest BCUT2D eigenvalue weighted by atomic mass is 10.3. The maximum absolute atomic E-state index is 5.80. The van der Waals surface area contributed by atoms with Crippen molar-refractivity contribution in [2.75, 3.05) is 251 Å². The van der Waals surface area contributed by atoms with E-state index >= 15 is 0 Å². The van der Waals surface area contributed by atoms with E-state index in [-0.39, 0.29) is 0 Å². The minimum atomic E-state index is 0.412. The van der Waals surface area contributed by atoms with Crippen molar-refractivity contribution < 1.29 is 118 Å². The number of rotatable bonds is 0. The molecule has 0 bridgehead atoms. The second-order valence-electron chi connectivity index (χ2n) is 20.8. The maximum Gasteiger partial charge on any atom is 0.161 e. The fourth-order valence-corrected chi connectivity index (χ4v) is 8.81. The summed E-state index contributed by atoms with van der Waals surface area (Å²) in [6.07, 6.45) is 0. The van der Waals surface area contributed by atoms with Gasteiger partial charge in [-0.3, -0.25) is 0 Å². The third kappa shape index (κ3) is 36.4. The monoisotopic (exact) mass is 1390 g/mol. The van der Waals surface area contributed by atoms with Crippen molar-refractivity contribution >= 4 is 0 Å². The van der Waals surface area contributed by atoms with Crippen LogP contribution in [0.15, 0.2) is 146 Å². The van der Waals surface area contributed by atoms with E-state index in [9.17, 15) is 0 Å². The van der Waals surface area contributed by atoms with Crippen molar-refractivity contribution in [2.45, 2.75) is 0 Å². The third-order valence-corrected chi connectivity index (χ3v) is 13.5. The van der Waals surface area contributed by atoms with Gasteiger partial charge in [0.05, 0.1) is 172 Å². The van der Waals surface area contributed by atoms with Crippen LogP contribution in [0.4, 0.5) is 0 Å². The molecule has 99 heavy (non-hydrogen) atoms.